The van der Waals surface area contributed by atoms with Gasteiger partial charge >= 0.3 is 0 Å². The largest absolute Gasteiger partial charge is 0.398 e. The van der Waals surface area contributed by atoms with Gasteiger partial charge < -0.3 is 15.4 Å². The van der Waals surface area contributed by atoms with Gasteiger partial charge in [0.15, 0.2) is 0 Å². The summed E-state index contributed by atoms with van der Waals surface area (Å²) in [7, 11) is 0. The number of nitrogen functional groups attached to an aromatic ring is 1. The first kappa shape index (κ1) is 13.6. The Morgan fingerprint density at radius 3 is 2.79 bits per heavy atom. The third-order valence-corrected chi connectivity index (χ3v) is 3.26. The number of aromatic nitrogens is 1. The van der Waals surface area contributed by atoms with Gasteiger partial charge in [-0.2, -0.15) is 0 Å². The lowest BCUT2D eigenvalue weighted by molar-refractivity contribution is 0.154. The number of nitrogens with two attached hydrogens (primary N) is 1. The predicted molar refractivity (Wildman–Crippen MR) is 80.5 cm³/mol. The quantitative estimate of drug-likeness (QED) is 0.640. The van der Waals surface area contributed by atoms with Crippen LogP contribution in [0.15, 0.2) is 30.6 Å². The van der Waals surface area contributed by atoms with Crippen LogP contribution in [0.1, 0.15) is 13.8 Å². The van der Waals surface area contributed by atoms with Crippen LogP contribution >= 0.6 is 0 Å². The Bertz CT molecular complexity index is 542. The topological polar surface area (TPSA) is 51.4 Å². The summed E-state index contributed by atoms with van der Waals surface area (Å²) in [6.07, 6.45) is 3.63. The van der Waals surface area contributed by atoms with Crippen molar-refractivity contribution in [1.82, 2.24) is 4.98 Å². The molecule has 0 spiro atoms. The molecule has 4 nitrogen and oxygen atoms in total. The highest BCUT2D eigenvalue weighted by Crippen LogP contribution is 2.30. The molecule has 0 atom stereocenters. The van der Waals surface area contributed by atoms with Gasteiger partial charge in [-0.3, -0.25) is 4.98 Å². The minimum absolute atomic E-state index is 0.737. The van der Waals surface area contributed by atoms with E-state index in [9.17, 15) is 0 Å². The molecule has 0 unspecified atom stereocenters. The molecule has 102 valence electrons. The number of fused-ring (bicyclic) bond motifs is 1. The summed E-state index contributed by atoms with van der Waals surface area (Å²) < 4.78 is 5.44. The third kappa shape index (κ3) is 2.96. The Labute approximate surface area is 114 Å². The van der Waals surface area contributed by atoms with Crippen molar-refractivity contribution in [2.75, 3.05) is 36.9 Å². The highest BCUT2D eigenvalue weighted by atomic mass is 16.5. The van der Waals surface area contributed by atoms with Crippen molar-refractivity contribution in [3.05, 3.63) is 30.6 Å². The molecule has 1 aromatic carbocycles. The lowest BCUT2D eigenvalue weighted by Crippen LogP contribution is -2.27. The minimum atomic E-state index is 0.737. The van der Waals surface area contributed by atoms with Crippen molar-refractivity contribution in [2.45, 2.75) is 13.8 Å². The van der Waals surface area contributed by atoms with Gasteiger partial charge in [-0.05, 0) is 32.0 Å². The highest BCUT2D eigenvalue weighted by molar-refractivity contribution is 6.00. The lowest BCUT2D eigenvalue weighted by atomic mass is 10.1. The maximum absolute atomic E-state index is 6.01. The molecule has 0 amide bonds. The van der Waals surface area contributed by atoms with E-state index in [4.69, 9.17) is 10.5 Å². The predicted octanol–water partition coefficient (Wildman–Crippen LogP) is 2.68. The fourth-order valence-corrected chi connectivity index (χ4v) is 2.24. The Hall–Kier alpha value is -1.81. The molecule has 4 heteroatoms. The van der Waals surface area contributed by atoms with Gasteiger partial charge in [0.25, 0.3) is 0 Å². The molecule has 1 heterocycles. The van der Waals surface area contributed by atoms with Gasteiger partial charge in [0.05, 0.1) is 6.61 Å². The van der Waals surface area contributed by atoms with Crippen molar-refractivity contribution >= 4 is 22.1 Å². The lowest BCUT2D eigenvalue weighted by Gasteiger charge is -2.24. The molecule has 0 fully saturated rings. The van der Waals surface area contributed by atoms with Crippen LogP contribution in [0.4, 0.5) is 11.4 Å². The maximum atomic E-state index is 6.01. The van der Waals surface area contributed by atoms with E-state index < -0.39 is 0 Å². The summed E-state index contributed by atoms with van der Waals surface area (Å²) in [5.74, 6) is 0. The van der Waals surface area contributed by atoms with Crippen LogP contribution in [-0.4, -0.2) is 31.3 Å². The van der Waals surface area contributed by atoms with Crippen molar-refractivity contribution in [3.8, 4) is 0 Å². The van der Waals surface area contributed by atoms with Gasteiger partial charge in [-0.25, -0.2) is 0 Å². The van der Waals surface area contributed by atoms with E-state index in [0.717, 1.165) is 42.8 Å². The van der Waals surface area contributed by atoms with Gasteiger partial charge in [0.2, 0.25) is 0 Å². The van der Waals surface area contributed by atoms with Crippen molar-refractivity contribution in [3.63, 3.8) is 0 Å². The molecule has 0 aliphatic heterocycles. The summed E-state index contributed by atoms with van der Waals surface area (Å²) >= 11 is 0. The first-order chi connectivity index (χ1) is 9.27. The van der Waals surface area contributed by atoms with Crippen molar-refractivity contribution < 1.29 is 4.74 Å². The summed E-state index contributed by atoms with van der Waals surface area (Å²) in [5.41, 5.74) is 7.96. The van der Waals surface area contributed by atoms with Crippen LogP contribution in [0.25, 0.3) is 10.8 Å². The van der Waals surface area contributed by atoms with Gasteiger partial charge in [0.1, 0.15) is 0 Å². The number of likely N-dealkylation sites (N-methyl/N-ethyl adjacent to an activating group) is 1. The summed E-state index contributed by atoms with van der Waals surface area (Å²) in [4.78, 5) is 6.46. The van der Waals surface area contributed by atoms with Crippen LogP contribution in [-0.2, 0) is 4.74 Å². The summed E-state index contributed by atoms with van der Waals surface area (Å²) in [5, 5.41) is 2.16. The summed E-state index contributed by atoms with van der Waals surface area (Å²) in [6.45, 7) is 7.47. The Morgan fingerprint density at radius 1 is 1.21 bits per heavy atom. The van der Waals surface area contributed by atoms with E-state index in [-0.39, 0.29) is 0 Å². The molecule has 2 aromatic rings. The van der Waals surface area contributed by atoms with Crippen LogP contribution in [0.5, 0.6) is 0 Å². The first-order valence-electron chi connectivity index (χ1n) is 6.72. The van der Waals surface area contributed by atoms with E-state index in [0.29, 0.717) is 0 Å². The molecular weight excluding hydrogens is 238 g/mol. The highest BCUT2D eigenvalue weighted by Gasteiger charge is 2.10. The average molecular weight is 259 g/mol. The number of ether oxygens (including phenoxy) is 1. The Balaban J connectivity index is 2.34. The van der Waals surface area contributed by atoms with Gasteiger partial charge in [0, 0.05) is 54.2 Å². The zero-order valence-electron chi connectivity index (χ0n) is 11.6. The molecule has 0 saturated carbocycles. The molecule has 0 aliphatic carbocycles. The average Bonchev–Trinajstić information content (AvgIpc) is 2.45. The second-order valence-electron chi connectivity index (χ2n) is 4.37. The maximum Gasteiger partial charge on any atom is 0.0641 e. The molecule has 0 bridgehead atoms. The number of hydrogen-bond donors (Lipinski definition) is 1. The van der Waals surface area contributed by atoms with Crippen LogP contribution < -0.4 is 10.6 Å². The SMILES string of the molecule is CCOCCN(CC)c1ccc(N)c2cnccc12. The normalized spacial score (nSPS) is 10.8. The third-order valence-electron chi connectivity index (χ3n) is 3.26. The molecule has 0 saturated heterocycles. The van der Waals surface area contributed by atoms with E-state index in [2.05, 4.69) is 22.9 Å². The standard InChI is InChI=1S/C15H21N3O/c1-3-18(9-10-19-4-2)15-6-5-14(16)13-11-17-8-7-12(13)15/h5-8,11H,3-4,9-10,16H2,1-2H3. The molecular formula is C15H21N3O. The molecule has 1 aromatic heterocycles. The van der Waals surface area contributed by atoms with E-state index >= 15 is 0 Å². The summed E-state index contributed by atoms with van der Waals surface area (Å²) in [6, 6.07) is 6.04. The van der Waals surface area contributed by atoms with E-state index in [1.165, 1.54) is 5.69 Å². The zero-order valence-corrected chi connectivity index (χ0v) is 11.6. The van der Waals surface area contributed by atoms with Crippen molar-refractivity contribution in [2.24, 2.45) is 0 Å². The van der Waals surface area contributed by atoms with Crippen LogP contribution in [0, 0.1) is 0 Å². The molecule has 2 rings (SSSR count). The zero-order chi connectivity index (χ0) is 13.7. The number of anilines is 2. The van der Waals surface area contributed by atoms with Crippen molar-refractivity contribution in [1.29, 1.82) is 0 Å². The number of hydrogen-bond acceptors (Lipinski definition) is 4. The number of rotatable bonds is 6. The number of pyridine rings is 1. The van der Waals surface area contributed by atoms with E-state index in [1.807, 2.05) is 31.5 Å². The van der Waals surface area contributed by atoms with E-state index in [1.54, 1.807) is 0 Å². The monoisotopic (exact) mass is 259 g/mol. The Morgan fingerprint density at radius 2 is 2.05 bits per heavy atom. The Kier molecular flexibility index (Phi) is 4.58. The first-order valence-corrected chi connectivity index (χ1v) is 6.72. The molecule has 0 radical (unpaired) electrons. The fourth-order valence-electron chi connectivity index (χ4n) is 2.24. The van der Waals surface area contributed by atoms with Gasteiger partial charge in [-0.15, -0.1) is 0 Å². The number of nitrogens with zero attached hydrogens (tertiary/aromatic N) is 2. The number of benzene rings is 1. The molecule has 0 aliphatic rings. The fraction of sp³-hybridized carbons (Fsp3) is 0.400. The minimum Gasteiger partial charge on any atom is -0.398 e. The van der Waals surface area contributed by atoms with Crippen LogP contribution in [0.3, 0.4) is 0 Å². The van der Waals surface area contributed by atoms with Gasteiger partial charge in [-0.1, -0.05) is 0 Å². The second-order valence-corrected chi connectivity index (χ2v) is 4.37. The second kappa shape index (κ2) is 6.38. The molecule has 2 N–H and O–H groups in total. The van der Waals surface area contributed by atoms with Crippen LogP contribution in [0.2, 0.25) is 0 Å². The smallest absolute Gasteiger partial charge is 0.0641 e. The molecule has 19 heavy (non-hydrogen) atoms.